The highest BCUT2D eigenvalue weighted by molar-refractivity contribution is 6.06. The molecule has 2 aromatic carbocycles. The second kappa shape index (κ2) is 7.53. The number of rotatable bonds is 4. The lowest BCUT2D eigenvalue weighted by Crippen LogP contribution is -2.31. The molecule has 26 heavy (non-hydrogen) atoms. The lowest BCUT2D eigenvalue weighted by atomic mass is 10.2. The Morgan fingerprint density at radius 2 is 1.58 bits per heavy atom. The van der Waals surface area contributed by atoms with Crippen molar-refractivity contribution in [2.24, 2.45) is 0 Å². The van der Waals surface area contributed by atoms with Crippen molar-refractivity contribution >= 4 is 29.5 Å². The zero-order chi connectivity index (χ0) is 18.5. The maximum absolute atomic E-state index is 12.7. The Labute approximate surface area is 151 Å². The molecule has 3 rings (SSSR count). The Morgan fingerprint density at radius 3 is 2.08 bits per heavy atom. The van der Waals surface area contributed by atoms with E-state index in [1.807, 2.05) is 24.3 Å². The topological polar surface area (TPSA) is 73.6 Å². The van der Waals surface area contributed by atoms with E-state index in [4.69, 9.17) is 5.26 Å². The number of carbonyl (C=O) groups excluding carboxylic acids is 2. The molecule has 6 heteroatoms. The number of methoxy groups -OCH3 is 1. The van der Waals surface area contributed by atoms with Crippen LogP contribution in [0.1, 0.15) is 11.1 Å². The number of hydrogen-bond acceptors (Lipinski definition) is 4. The smallest absolute Gasteiger partial charge is 0.330 e. The molecular weight excluding hydrogens is 330 g/mol. The Kier molecular flexibility index (Phi) is 4.99. The van der Waals surface area contributed by atoms with Gasteiger partial charge in [-0.3, -0.25) is 9.80 Å². The van der Waals surface area contributed by atoms with Gasteiger partial charge in [0.05, 0.1) is 18.7 Å². The van der Waals surface area contributed by atoms with Gasteiger partial charge in [-0.1, -0.05) is 12.1 Å². The van der Waals surface area contributed by atoms with Crippen LogP contribution in [-0.2, 0) is 9.53 Å². The van der Waals surface area contributed by atoms with E-state index in [1.165, 1.54) is 13.2 Å². The normalized spacial score (nSPS) is 13.9. The minimum atomic E-state index is -0.415. The summed E-state index contributed by atoms with van der Waals surface area (Å²) in [5.74, 6) is -0.415. The Balaban J connectivity index is 1.72. The molecule has 0 bridgehead atoms. The number of nitrogens with zero attached hydrogens (tertiary/aromatic N) is 3. The number of hydrogen-bond donors (Lipinski definition) is 0. The highest BCUT2D eigenvalue weighted by atomic mass is 16.5. The van der Waals surface area contributed by atoms with Gasteiger partial charge in [-0.25, -0.2) is 9.59 Å². The summed E-state index contributed by atoms with van der Waals surface area (Å²) in [7, 11) is 1.33. The summed E-state index contributed by atoms with van der Waals surface area (Å²) < 4.78 is 4.56. The number of nitriles is 1. The zero-order valence-corrected chi connectivity index (χ0v) is 14.3. The molecule has 0 radical (unpaired) electrons. The molecule has 0 aromatic heterocycles. The maximum atomic E-state index is 12.7. The summed E-state index contributed by atoms with van der Waals surface area (Å²) in [5.41, 5.74) is 2.97. The second-order valence-electron chi connectivity index (χ2n) is 5.69. The van der Waals surface area contributed by atoms with Gasteiger partial charge in [-0.05, 0) is 48.0 Å². The summed E-state index contributed by atoms with van der Waals surface area (Å²) in [4.78, 5) is 27.2. The Bertz CT molecular complexity index is 880. The average molecular weight is 347 g/mol. The fourth-order valence-corrected chi connectivity index (χ4v) is 2.73. The summed E-state index contributed by atoms with van der Waals surface area (Å²) in [6.45, 7) is 1.16. The third-order valence-electron chi connectivity index (χ3n) is 4.13. The van der Waals surface area contributed by atoms with Crippen LogP contribution < -0.4 is 9.80 Å². The third kappa shape index (κ3) is 3.57. The van der Waals surface area contributed by atoms with Gasteiger partial charge in [0.2, 0.25) is 0 Å². The van der Waals surface area contributed by atoms with Crippen molar-refractivity contribution in [3.05, 3.63) is 65.7 Å². The van der Waals surface area contributed by atoms with E-state index >= 15 is 0 Å². The predicted octanol–water partition coefficient (Wildman–Crippen LogP) is 3.19. The van der Waals surface area contributed by atoms with Crippen molar-refractivity contribution in [2.75, 3.05) is 30.0 Å². The zero-order valence-electron chi connectivity index (χ0n) is 14.3. The number of carbonyl (C=O) groups is 2. The first-order chi connectivity index (χ1) is 12.6. The van der Waals surface area contributed by atoms with E-state index in [0.29, 0.717) is 18.7 Å². The summed E-state index contributed by atoms with van der Waals surface area (Å²) in [5, 5.41) is 8.87. The highest BCUT2D eigenvalue weighted by Gasteiger charge is 2.30. The van der Waals surface area contributed by atoms with Crippen LogP contribution in [0, 0.1) is 11.3 Å². The Morgan fingerprint density at radius 1 is 1.04 bits per heavy atom. The van der Waals surface area contributed by atoms with Crippen molar-refractivity contribution in [2.45, 2.75) is 0 Å². The molecule has 130 valence electrons. The summed E-state index contributed by atoms with van der Waals surface area (Å²) in [6, 6.07) is 16.3. The van der Waals surface area contributed by atoms with Gasteiger partial charge in [0.25, 0.3) is 0 Å². The van der Waals surface area contributed by atoms with Gasteiger partial charge in [-0.2, -0.15) is 5.26 Å². The second-order valence-corrected chi connectivity index (χ2v) is 5.69. The monoisotopic (exact) mass is 347 g/mol. The maximum Gasteiger partial charge on any atom is 0.330 e. The van der Waals surface area contributed by atoms with E-state index in [-0.39, 0.29) is 6.03 Å². The average Bonchev–Trinajstić information content (AvgIpc) is 3.08. The number of amides is 2. The number of esters is 1. The first-order valence-corrected chi connectivity index (χ1v) is 8.07. The molecule has 0 N–H and O–H groups in total. The lowest BCUT2D eigenvalue weighted by molar-refractivity contribution is -0.134. The first kappa shape index (κ1) is 17.2. The molecule has 0 spiro atoms. The van der Waals surface area contributed by atoms with E-state index in [1.54, 1.807) is 40.1 Å². The minimum Gasteiger partial charge on any atom is -0.466 e. The molecule has 6 nitrogen and oxygen atoms in total. The van der Waals surface area contributed by atoms with E-state index in [0.717, 1.165) is 16.9 Å². The molecule has 0 atom stereocenters. The van der Waals surface area contributed by atoms with Crippen molar-refractivity contribution < 1.29 is 14.3 Å². The number of ether oxygens (including phenoxy) is 1. The standard InChI is InChI=1S/C20H17N3O3/c1-26-19(24)11-6-15-2-7-17(8-3-15)22-12-13-23(20(22)25)18-9-4-16(14-21)5-10-18/h2-11H,12-13H2,1H3. The molecule has 1 aliphatic heterocycles. The molecule has 0 unspecified atom stereocenters. The van der Waals surface area contributed by atoms with Crippen LogP contribution in [0.3, 0.4) is 0 Å². The van der Waals surface area contributed by atoms with Crippen molar-refractivity contribution in [1.29, 1.82) is 5.26 Å². The molecular formula is C20H17N3O3. The fraction of sp³-hybridized carbons (Fsp3) is 0.150. The van der Waals surface area contributed by atoms with Crippen LogP contribution in [0.25, 0.3) is 6.08 Å². The molecule has 0 aliphatic carbocycles. The van der Waals surface area contributed by atoms with Gasteiger partial charge in [-0.15, -0.1) is 0 Å². The lowest BCUT2D eigenvalue weighted by Gasteiger charge is -2.19. The van der Waals surface area contributed by atoms with Gasteiger partial charge in [0.15, 0.2) is 0 Å². The van der Waals surface area contributed by atoms with Crippen LogP contribution in [0.5, 0.6) is 0 Å². The first-order valence-electron chi connectivity index (χ1n) is 8.07. The quantitative estimate of drug-likeness (QED) is 0.629. The molecule has 2 amide bonds. The van der Waals surface area contributed by atoms with Crippen LogP contribution in [0.4, 0.5) is 16.2 Å². The third-order valence-corrected chi connectivity index (χ3v) is 4.13. The fourth-order valence-electron chi connectivity index (χ4n) is 2.73. The number of anilines is 2. The van der Waals surface area contributed by atoms with Crippen LogP contribution in [0.2, 0.25) is 0 Å². The minimum absolute atomic E-state index is 0.104. The van der Waals surface area contributed by atoms with Gasteiger partial charge in [0, 0.05) is 30.5 Å². The molecule has 1 fully saturated rings. The van der Waals surface area contributed by atoms with E-state index < -0.39 is 5.97 Å². The Hall–Kier alpha value is -3.59. The van der Waals surface area contributed by atoms with Crippen LogP contribution in [0.15, 0.2) is 54.6 Å². The van der Waals surface area contributed by atoms with E-state index in [2.05, 4.69) is 10.8 Å². The molecule has 2 aromatic rings. The van der Waals surface area contributed by atoms with Crippen LogP contribution in [-0.4, -0.2) is 32.2 Å². The number of urea groups is 1. The molecule has 1 heterocycles. The summed E-state index contributed by atoms with van der Waals surface area (Å²) in [6.07, 6.45) is 3.01. The highest BCUT2D eigenvalue weighted by Crippen LogP contribution is 2.25. The molecule has 1 aliphatic rings. The number of benzene rings is 2. The van der Waals surface area contributed by atoms with Gasteiger partial charge >= 0.3 is 12.0 Å². The summed E-state index contributed by atoms with van der Waals surface area (Å²) >= 11 is 0. The predicted molar refractivity (Wildman–Crippen MR) is 98.7 cm³/mol. The molecule has 1 saturated heterocycles. The molecule has 0 saturated carbocycles. The van der Waals surface area contributed by atoms with Gasteiger partial charge in [0.1, 0.15) is 0 Å². The van der Waals surface area contributed by atoms with E-state index in [9.17, 15) is 9.59 Å². The SMILES string of the molecule is COC(=O)C=Cc1ccc(N2CCN(c3ccc(C#N)cc3)C2=O)cc1. The van der Waals surface area contributed by atoms with Crippen LogP contribution >= 0.6 is 0 Å². The van der Waals surface area contributed by atoms with Gasteiger partial charge < -0.3 is 4.74 Å². The van der Waals surface area contributed by atoms with Crippen molar-refractivity contribution in [3.63, 3.8) is 0 Å². The van der Waals surface area contributed by atoms with Crippen molar-refractivity contribution in [1.82, 2.24) is 0 Å². The largest absolute Gasteiger partial charge is 0.466 e. The van der Waals surface area contributed by atoms with Crippen molar-refractivity contribution in [3.8, 4) is 6.07 Å².